The number of aliphatic hydroxyl groups is 2. The molecule has 2 N–H and O–H groups in total. The highest BCUT2D eigenvalue weighted by atomic mass is 32.1. The van der Waals surface area contributed by atoms with Gasteiger partial charge in [0, 0.05) is 35.9 Å². The van der Waals surface area contributed by atoms with Crippen LogP contribution in [-0.2, 0) is 18.9 Å². The Hall–Kier alpha value is -3.06. The normalized spacial score (nSPS) is 17.2. The van der Waals surface area contributed by atoms with Crippen LogP contribution >= 0.6 is 22.7 Å². The van der Waals surface area contributed by atoms with Crippen molar-refractivity contribution in [3.05, 3.63) is 56.9 Å². The molecule has 50 heavy (non-hydrogen) atoms. The molecule has 2 aliphatic rings. The van der Waals surface area contributed by atoms with Crippen LogP contribution < -0.4 is 0 Å². The number of ether oxygens (including phenoxy) is 4. The molecule has 2 aromatic rings. The first kappa shape index (κ1) is 41.4. The zero-order valence-corrected chi connectivity index (χ0v) is 32.8. The maximum absolute atomic E-state index is 12.1. The molecule has 12 heteroatoms. The molecule has 2 aliphatic heterocycles. The second kappa shape index (κ2) is 18.4. The molecule has 2 atom stereocenters. The molecule has 0 spiro atoms. The van der Waals surface area contributed by atoms with E-state index in [-0.39, 0.29) is 24.0 Å². The van der Waals surface area contributed by atoms with Crippen LogP contribution in [0.4, 0.5) is 9.59 Å². The summed E-state index contributed by atoms with van der Waals surface area (Å²) in [5.41, 5.74) is -0.965. The Balaban J connectivity index is 0.000000270. The number of aliphatic hydroxyl groups excluding tert-OH is 2. The summed E-state index contributed by atoms with van der Waals surface area (Å²) in [6.07, 6.45) is 1.47. The Morgan fingerprint density at radius 2 is 1.02 bits per heavy atom. The Bertz CT molecular complexity index is 1300. The first-order valence-electron chi connectivity index (χ1n) is 17.6. The lowest BCUT2D eigenvalue weighted by atomic mass is 9.90. The van der Waals surface area contributed by atoms with E-state index in [0.717, 1.165) is 45.2 Å². The molecule has 0 aromatic carbocycles. The summed E-state index contributed by atoms with van der Waals surface area (Å²) < 4.78 is 21.7. The highest BCUT2D eigenvalue weighted by Crippen LogP contribution is 2.38. The van der Waals surface area contributed by atoms with E-state index in [1.807, 2.05) is 79.7 Å². The fourth-order valence-electron chi connectivity index (χ4n) is 5.73. The van der Waals surface area contributed by atoms with Crippen molar-refractivity contribution in [2.75, 3.05) is 39.4 Å². The molecular weight excluding hydrogens is 677 g/mol. The van der Waals surface area contributed by atoms with Crippen molar-refractivity contribution in [2.24, 2.45) is 11.8 Å². The third-order valence-electron chi connectivity index (χ3n) is 8.30. The van der Waals surface area contributed by atoms with Crippen molar-refractivity contribution in [1.82, 2.24) is 9.80 Å². The molecule has 280 valence electrons. The van der Waals surface area contributed by atoms with Gasteiger partial charge in [-0.2, -0.15) is 0 Å². The zero-order chi connectivity index (χ0) is 37.2. The van der Waals surface area contributed by atoms with Crippen molar-refractivity contribution in [3.8, 4) is 0 Å². The maximum Gasteiger partial charge on any atom is 0.410 e. The van der Waals surface area contributed by atoms with Gasteiger partial charge in [0.1, 0.15) is 22.7 Å². The molecule has 4 heterocycles. The number of nitrogens with zero attached hydrogens (tertiary/aromatic N) is 2. The third-order valence-corrected chi connectivity index (χ3v) is 10.7. The summed E-state index contributed by atoms with van der Waals surface area (Å²) in [4.78, 5) is 31.4. The number of thiophene rings is 2. The third kappa shape index (κ3) is 12.6. The van der Waals surface area contributed by atoms with Gasteiger partial charge in [0.05, 0.1) is 35.2 Å². The number of carbonyl (C=O) groups excluding carboxylic acids is 2. The number of hydrogen-bond acceptors (Lipinski definition) is 10. The largest absolute Gasteiger partial charge is 0.493 e. The highest BCUT2D eigenvalue weighted by molar-refractivity contribution is 7.13. The van der Waals surface area contributed by atoms with E-state index < -0.39 is 23.4 Å². The lowest BCUT2D eigenvalue weighted by molar-refractivity contribution is 0.00749. The van der Waals surface area contributed by atoms with Crippen LogP contribution in [0.2, 0.25) is 0 Å². The second-order valence-corrected chi connectivity index (χ2v) is 16.8. The summed E-state index contributed by atoms with van der Waals surface area (Å²) in [6, 6.07) is 7.76. The lowest BCUT2D eigenvalue weighted by Crippen LogP contribution is -2.42. The van der Waals surface area contributed by atoms with E-state index >= 15 is 0 Å². The molecule has 10 nitrogen and oxygen atoms in total. The van der Waals surface area contributed by atoms with E-state index in [1.54, 1.807) is 9.80 Å². The first-order valence-corrected chi connectivity index (χ1v) is 19.2. The topological polar surface area (TPSA) is 118 Å². The number of rotatable bonds is 10. The van der Waals surface area contributed by atoms with Gasteiger partial charge in [-0.15, -0.1) is 22.7 Å². The van der Waals surface area contributed by atoms with Crippen LogP contribution in [0, 0.1) is 11.8 Å². The molecule has 0 saturated carbocycles. The first-order chi connectivity index (χ1) is 23.4. The molecule has 2 saturated heterocycles. The van der Waals surface area contributed by atoms with Crippen LogP contribution in [-0.4, -0.2) is 82.8 Å². The number of carbonyl (C=O) groups is 2. The standard InChI is InChI=1S/2C19H29NO4S/c2*1-6-23-13(2)15-7-8-16(25-15)17(21)14-9-11-20(12-10-14)18(22)24-19(3,4)5/h2*7-8,14,17,21H,2,6,9-12H2,1,3-5H3. The summed E-state index contributed by atoms with van der Waals surface area (Å²) in [5, 5.41) is 21.4. The molecule has 2 amide bonds. The van der Waals surface area contributed by atoms with Crippen molar-refractivity contribution in [3.63, 3.8) is 0 Å². The molecule has 2 aromatic heterocycles. The second-order valence-electron chi connectivity index (χ2n) is 14.6. The van der Waals surface area contributed by atoms with Crippen molar-refractivity contribution in [1.29, 1.82) is 0 Å². The average molecular weight is 735 g/mol. The molecule has 0 bridgehead atoms. The van der Waals surface area contributed by atoms with Gasteiger partial charge in [-0.1, -0.05) is 13.2 Å². The molecular formula is C38H58N2O8S2. The minimum atomic E-state index is -0.519. The van der Waals surface area contributed by atoms with Crippen LogP contribution in [0.25, 0.3) is 11.5 Å². The van der Waals surface area contributed by atoms with Gasteiger partial charge >= 0.3 is 12.2 Å². The van der Waals surface area contributed by atoms with Crippen molar-refractivity contribution >= 4 is 46.4 Å². The summed E-state index contributed by atoms with van der Waals surface area (Å²) >= 11 is 3.04. The van der Waals surface area contributed by atoms with Gasteiger partial charge in [0.25, 0.3) is 0 Å². The predicted molar refractivity (Wildman–Crippen MR) is 201 cm³/mol. The fourth-order valence-corrected chi connectivity index (χ4v) is 7.75. The van der Waals surface area contributed by atoms with Crippen LogP contribution in [0.5, 0.6) is 0 Å². The smallest absolute Gasteiger partial charge is 0.410 e. The van der Waals surface area contributed by atoms with Crippen LogP contribution in [0.15, 0.2) is 37.4 Å². The molecule has 2 fully saturated rings. The maximum atomic E-state index is 12.1. The summed E-state index contributed by atoms with van der Waals surface area (Å²) in [6.45, 7) is 26.5. The van der Waals surface area contributed by atoms with Gasteiger partial charge in [-0.3, -0.25) is 0 Å². The Kier molecular flexibility index (Phi) is 15.3. The molecule has 0 aliphatic carbocycles. The summed E-state index contributed by atoms with van der Waals surface area (Å²) in [5.74, 6) is 1.58. The van der Waals surface area contributed by atoms with Gasteiger partial charge in [0.15, 0.2) is 0 Å². The lowest BCUT2D eigenvalue weighted by Gasteiger charge is -2.35. The van der Waals surface area contributed by atoms with Crippen molar-refractivity contribution in [2.45, 2.75) is 104 Å². The molecule has 2 unspecified atom stereocenters. The molecule has 0 radical (unpaired) electrons. The minimum absolute atomic E-state index is 0.144. The van der Waals surface area contributed by atoms with Gasteiger partial charge in [-0.05, 0) is 117 Å². The van der Waals surface area contributed by atoms with Crippen LogP contribution in [0.3, 0.4) is 0 Å². The van der Waals surface area contributed by atoms with E-state index in [4.69, 9.17) is 18.9 Å². The monoisotopic (exact) mass is 734 g/mol. The van der Waals surface area contributed by atoms with E-state index in [9.17, 15) is 19.8 Å². The fraction of sp³-hybridized carbons (Fsp3) is 0.632. The van der Waals surface area contributed by atoms with E-state index in [1.165, 1.54) is 22.7 Å². The number of piperidine rings is 2. The molecule has 4 rings (SSSR count). The number of amides is 2. The van der Waals surface area contributed by atoms with Crippen LogP contribution in [0.1, 0.15) is 113 Å². The van der Waals surface area contributed by atoms with Gasteiger partial charge in [0.2, 0.25) is 0 Å². The van der Waals surface area contributed by atoms with Crippen molar-refractivity contribution < 1.29 is 38.7 Å². The van der Waals surface area contributed by atoms with E-state index in [2.05, 4.69) is 13.2 Å². The number of hydrogen-bond donors (Lipinski definition) is 2. The Morgan fingerprint density at radius 1 is 0.700 bits per heavy atom. The minimum Gasteiger partial charge on any atom is -0.493 e. The quantitative estimate of drug-likeness (QED) is 0.233. The predicted octanol–water partition coefficient (Wildman–Crippen LogP) is 8.87. The van der Waals surface area contributed by atoms with Gasteiger partial charge in [-0.25, -0.2) is 9.59 Å². The Morgan fingerprint density at radius 3 is 1.30 bits per heavy atom. The van der Waals surface area contributed by atoms with Gasteiger partial charge < -0.3 is 39.0 Å². The zero-order valence-electron chi connectivity index (χ0n) is 31.2. The number of likely N-dealkylation sites (tertiary alicyclic amines) is 2. The Labute approximate surface area is 306 Å². The van der Waals surface area contributed by atoms with E-state index in [0.29, 0.717) is 50.9 Å². The summed E-state index contributed by atoms with van der Waals surface area (Å²) in [7, 11) is 0. The average Bonchev–Trinajstić information content (AvgIpc) is 3.75. The highest BCUT2D eigenvalue weighted by Gasteiger charge is 2.32. The SMILES string of the molecule is C=C(OCC)c1ccc(C(O)C2CCN(C(=O)OC(C)(C)C)CC2)s1.C=C(OCC)c1ccc(C(O)C2CCN(C(=O)OC(C)(C)C)CC2)s1.